The molecule has 4 nitrogen and oxygen atoms in total. The number of carbonyl (C=O) groups is 1. The number of nitrogens with zero attached hydrogens (tertiary/aromatic N) is 1. The van der Waals surface area contributed by atoms with Crippen molar-refractivity contribution >= 4 is 18.3 Å². The van der Waals surface area contributed by atoms with Crippen molar-refractivity contribution in [1.82, 2.24) is 10.2 Å². The second-order valence-corrected chi connectivity index (χ2v) is 7.44. The second-order valence-electron chi connectivity index (χ2n) is 7.44. The maximum absolute atomic E-state index is 12.1. The first kappa shape index (κ1) is 18.7. The first-order valence-electron chi connectivity index (χ1n) is 9.53. The van der Waals surface area contributed by atoms with Gasteiger partial charge in [0.2, 0.25) is 5.91 Å². The van der Waals surface area contributed by atoms with Gasteiger partial charge < -0.3 is 10.1 Å². The zero-order chi connectivity index (χ0) is 16.4. The van der Waals surface area contributed by atoms with Gasteiger partial charge in [0, 0.05) is 32.3 Å². The number of carbonyl (C=O) groups excluding carboxylic acids is 1. The van der Waals surface area contributed by atoms with Crippen molar-refractivity contribution in [1.29, 1.82) is 0 Å². The smallest absolute Gasteiger partial charge is 0.249 e. The standard InChI is InChI=1S/C20H28N2O2.ClH/c23-20(19-5-2-12-24-19)21-14-15-6-7-16-8-10-22(18-3-1-4-18)11-9-17(16)13-15;/h6-7,13,18-19H,1-5,8-12,14H2,(H,21,23);1H/t19-;/m1./s1. The van der Waals surface area contributed by atoms with Crippen LogP contribution in [-0.4, -0.2) is 42.6 Å². The molecule has 4 rings (SSSR count). The minimum Gasteiger partial charge on any atom is -0.368 e. The highest BCUT2D eigenvalue weighted by Crippen LogP contribution is 2.27. The summed E-state index contributed by atoms with van der Waals surface area (Å²) >= 11 is 0. The van der Waals surface area contributed by atoms with E-state index in [1.165, 1.54) is 49.0 Å². The molecule has 3 aliphatic rings. The lowest BCUT2D eigenvalue weighted by Crippen LogP contribution is -2.41. The molecule has 1 saturated carbocycles. The van der Waals surface area contributed by atoms with Crippen LogP contribution >= 0.6 is 12.4 Å². The summed E-state index contributed by atoms with van der Waals surface area (Å²) in [6.07, 6.45) is 8.09. The normalized spacial score (nSPS) is 23.9. The number of fused-ring (bicyclic) bond motifs is 1. The number of nitrogens with one attached hydrogen (secondary N) is 1. The zero-order valence-corrected chi connectivity index (χ0v) is 15.7. The Morgan fingerprint density at radius 3 is 2.60 bits per heavy atom. The molecule has 1 amide bonds. The van der Waals surface area contributed by atoms with E-state index < -0.39 is 0 Å². The molecular formula is C20H29ClN2O2. The van der Waals surface area contributed by atoms with Crippen LogP contribution in [0.15, 0.2) is 18.2 Å². The number of rotatable bonds is 4. The maximum Gasteiger partial charge on any atom is 0.249 e. The predicted molar refractivity (Wildman–Crippen MR) is 101 cm³/mol. The summed E-state index contributed by atoms with van der Waals surface area (Å²) in [5.74, 6) is 0.0404. The fourth-order valence-electron chi connectivity index (χ4n) is 4.11. The Kier molecular flexibility index (Phi) is 6.37. The van der Waals surface area contributed by atoms with Crippen LogP contribution in [0.1, 0.15) is 48.8 Å². The monoisotopic (exact) mass is 364 g/mol. The number of hydrogen-bond donors (Lipinski definition) is 1. The van der Waals surface area contributed by atoms with E-state index in [9.17, 15) is 4.79 Å². The summed E-state index contributed by atoms with van der Waals surface area (Å²) in [6.45, 7) is 3.71. The van der Waals surface area contributed by atoms with E-state index in [-0.39, 0.29) is 24.4 Å². The van der Waals surface area contributed by atoms with Gasteiger partial charge in [0.05, 0.1) is 0 Å². The molecule has 138 valence electrons. The largest absolute Gasteiger partial charge is 0.368 e. The fraction of sp³-hybridized carbons (Fsp3) is 0.650. The quantitative estimate of drug-likeness (QED) is 0.893. The van der Waals surface area contributed by atoms with Gasteiger partial charge in [-0.1, -0.05) is 24.6 Å². The van der Waals surface area contributed by atoms with E-state index in [4.69, 9.17) is 4.74 Å². The molecule has 0 radical (unpaired) electrons. The molecule has 0 aromatic heterocycles. The fourth-order valence-corrected chi connectivity index (χ4v) is 4.11. The van der Waals surface area contributed by atoms with Gasteiger partial charge >= 0.3 is 0 Å². The topological polar surface area (TPSA) is 41.6 Å². The van der Waals surface area contributed by atoms with E-state index in [1.54, 1.807) is 0 Å². The highest BCUT2D eigenvalue weighted by molar-refractivity contribution is 5.85. The maximum atomic E-state index is 12.1. The van der Waals surface area contributed by atoms with E-state index in [2.05, 4.69) is 28.4 Å². The van der Waals surface area contributed by atoms with Gasteiger partial charge in [-0.2, -0.15) is 0 Å². The van der Waals surface area contributed by atoms with Crippen molar-refractivity contribution < 1.29 is 9.53 Å². The summed E-state index contributed by atoms with van der Waals surface area (Å²) in [7, 11) is 0. The zero-order valence-electron chi connectivity index (χ0n) is 14.8. The van der Waals surface area contributed by atoms with Gasteiger partial charge in [0.1, 0.15) is 6.10 Å². The Balaban J connectivity index is 0.00000182. The molecule has 0 unspecified atom stereocenters. The molecule has 2 heterocycles. The summed E-state index contributed by atoms with van der Waals surface area (Å²) in [5, 5.41) is 3.03. The summed E-state index contributed by atoms with van der Waals surface area (Å²) in [6, 6.07) is 7.58. The lowest BCUT2D eigenvalue weighted by molar-refractivity contribution is -0.130. The van der Waals surface area contributed by atoms with Crippen molar-refractivity contribution in [3.05, 3.63) is 34.9 Å². The van der Waals surface area contributed by atoms with Crippen LogP contribution in [-0.2, 0) is 28.9 Å². The van der Waals surface area contributed by atoms with Crippen LogP contribution in [0, 0.1) is 0 Å². The van der Waals surface area contributed by atoms with Crippen molar-refractivity contribution in [2.24, 2.45) is 0 Å². The Hall–Kier alpha value is -1.10. The molecule has 1 N–H and O–H groups in total. The van der Waals surface area contributed by atoms with Crippen molar-refractivity contribution in [3.8, 4) is 0 Å². The van der Waals surface area contributed by atoms with Gasteiger partial charge in [-0.25, -0.2) is 0 Å². The Labute approximate surface area is 156 Å². The third-order valence-electron chi connectivity index (χ3n) is 5.89. The Morgan fingerprint density at radius 2 is 1.92 bits per heavy atom. The second kappa shape index (κ2) is 8.52. The lowest BCUT2D eigenvalue weighted by atomic mass is 9.91. The molecule has 25 heavy (non-hydrogen) atoms. The third kappa shape index (κ3) is 4.36. The molecule has 1 saturated heterocycles. The van der Waals surface area contributed by atoms with Crippen molar-refractivity contribution in [2.45, 2.75) is 63.6 Å². The molecule has 1 atom stereocenters. The number of halogens is 1. The van der Waals surface area contributed by atoms with Crippen LogP contribution in [0.4, 0.5) is 0 Å². The van der Waals surface area contributed by atoms with Crippen LogP contribution in [0.25, 0.3) is 0 Å². The van der Waals surface area contributed by atoms with Crippen LogP contribution in [0.3, 0.4) is 0 Å². The Morgan fingerprint density at radius 1 is 1.12 bits per heavy atom. The molecule has 2 fully saturated rings. The lowest BCUT2D eigenvalue weighted by Gasteiger charge is -2.36. The molecule has 1 aromatic carbocycles. The average molecular weight is 365 g/mol. The van der Waals surface area contributed by atoms with Gasteiger partial charge in [-0.3, -0.25) is 9.69 Å². The predicted octanol–water partition coefficient (Wildman–Crippen LogP) is 2.86. The van der Waals surface area contributed by atoms with E-state index in [0.29, 0.717) is 13.2 Å². The molecule has 1 aliphatic carbocycles. The summed E-state index contributed by atoms with van der Waals surface area (Å²) < 4.78 is 5.44. The molecule has 2 aliphatic heterocycles. The van der Waals surface area contributed by atoms with Gasteiger partial charge in [0.25, 0.3) is 0 Å². The first-order chi connectivity index (χ1) is 11.8. The molecule has 1 aromatic rings. The van der Waals surface area contributed by atoms with Crippen molar-refractivity contribution in [2.75, 3.05) is 19.7 Å². The minimum atomic E-state index is -0.234. The number of ether oxygens (including phenoxy) is 1. The molecule has 0 bridgehead atoms. The molecule has 0 spiro atoms. The Bertz CT molecular complexity index is 597. The molecular weight excluding hydrogens is 336 g/mol. The SMILES string of the molecule is Cl.O=C(NCc1ccc2c(c1)CCN(C1CCC1)CC2)[C@H]1CCCO1. The van der Waals surface area contributed by atoms with Crippen molar-refractivity contribution in [3.63, 3.8) is 0 Å². The van der Waals surface area contributed by atoms with Crippen LogP contribution in [0.5, 0.6) is 0 Å². The van der Waals surface area contributed by atoms with Gasteiger partial charge in [-0.15, -0.1) is 12.4 Å². The van der Waals surface area contributed by atoms with Crippen LogP contribution in [0.2, 0.25) is 0 Å². The number of hydrogen-bond acceptors (Lipinski definition) is 3. The van der Waals surface area contributed by atoms with E-state index in [1.807, 2.05) is 0 Å². The number of amides is 1. The number of benzene rings is 1. The van der Waals surface area contributed by atoms with Gasteiger partial charge in [0.15, 0.2) is 0 Å². The van der Waals surface area contributed by atoms with Crippen LogP contribution < -0.4 is 5.32 Å². The van der Waals surface area contributed by atoms with E-state index in [0.717, 1.165) is 31.7 Å². The summed E-state index contributed by atoms with van der Waals surface area (Å²) in [5.41, 5.74) is 4.17. The van der Waals surface area contributed by atoms with Gasteiger partial charge in [-0.05, 0) is 55.2 Å². The molecule has 5 heteroatoms. The first-order valence-corrected chi connectivity index (χ1v) is 9.53. The highest BCUT2D eigenvalue weighted by Gasteiger charge is 2.26. The minimum absolute atomic E-state index is 0. The third-order valence-corrected chi connectivity index (χ3v) is 5.89. The average Bonchev–Trinajstić information content (AvgIpc) is 3.01. The summed E-state index contributed by atoms with van der Waals surface area (Å²) in [4.78, 5) is 14.8. The van der Waals surface area contributed by atoms with E-state index >= 15 is 0 Å². The highest BCUT2D eigenvalue weighted by atomic mass is 35.5.